The Balaban J connectivity index is 1.93. The fourth-order valence-electron chi connectivity index (χ4n) is 1.64. The molecule has 0 unspecified atom stereocenters. The highest BCUT2D eigenvalue weighted by atomic mass is 19.1. The summed E-state index contributed by atoms with van der Waals surface area (Å²) in [6.07, 6.45) is 0. The van der Waals surface area contributed by atoms with Crippen molar-refractivity contribution in [1.82, 2.24) is 5.32 Å². The van der Waals surface area contributed by atoms with Gasteiger partial charge >= 0.3 is 11.8 Å². The van der Waals surface area contributed by atoms with Gasteiger partial charge < -0.3 is 10.6 Å². The van der Waals surface area contributed by atoms with E-state index in [9.17, 15) is 18.4 Å². The van der Waals surface area contributed by atoms with E-state index in [0.717, 1.165) is 6.07 Å². The Hall–Kier alpha value is -2.76. The zero-order chi connectivity index (χ0) is 15.2. The second-order valence-electron chi connectivity index (χ2n) is 4.21. The third-order valence-corrected chi connectivity index (χ3v) is 2.73. The van der Waals surface area contributed by atoms with Gasteiger partial charge in [-0.1, -0.05) is 30.3 Å². The number of nitrogens with one attached hydrogen (secondary N) is 2. The molecule has 0 heterocycles. The highest BCUT2D eigenvalue weighted by molar-refractivity contribution is 6.39. The van der Waals surface area contributed by atoms with Gasteiger partial charge in [-0.2, -0.15) is 0 Å². The van der Waals surface area contributed by atoms with Crippen molar-refractivity contribution >= 4 is 17.5 Å². The molecule has 0 saturated heterocycles. The van der Waals surface area contributed by atoms with Crippen molar-refractivity contribution < 1.29 is 18.4 Å². The summed E-state index contributed by atoms with van der Waals surface area (Å²) in [5, 5.41) is 4.41. The summed E-state index contributed by atoms with van der Waals surface area (Å²) >= 11 is 0. The highest BCUT2D eigenvalue weighted by Gasteiger charge is 2.15. The first-order valence-electron chi connectivity index (χ1n) is 6.15. The Kier molecular flexibility index (Phi) is 4.61. The van der Waals surface area contributed by atoms with Crippen LogP contribution in [0.15, 0.2) is 48.5 Å². The Morgan fingerprint density at radius 1 is 0.857 bits per heavy atom. The quantitative estimate of drug-likeness (QED) is 0.852. The van der Waals surface area contributed by atoms with Crippen LogP contribution < -0.4 is 10.6 Å². The molecule has 0 aliphatic carbocycles. The van der Waals surface area contributed by atoms with Gasteiger partial charge in [-0.3, -0.25) is 9.59 Å². The lowest BCUT2D eigenvalue weighted by atomic mass is 10.2. The molecule has 0 spiro atoms. The predicted octanol–water partition coefficient (Wildman–Crippen LogP) is 2.22. The van der Waals surface area contributed by atoms with Gasteiger partial charge in [0.1, 0.15) is 11.6 Å². The normalized spacial score (nSPS) is 10.0. The molecule has 0 aromatic heterocycles. The van der Waals surface area contributed by atoms with Gasteiger partial charge in [0.25, 0.3) is 0 Å². The van der Waals surface area contributed by atoms with E-state index in [2.05, 4.69) is 10.6 Å². The van der Waals surface area contributed by atoms with Gasteiger partial charge in [0.2, 0.25) is 0 Å². The number of hydrogen-bond acceptors (Lipinski definition) is 2. The molecule has 4 nitrogen and oxygen atoms in total. The maximum atomic E-state index is 13.3. The standard InChI is InChI=1S/C15H12F2N2O2/c16-11-6-2-1-5-10(11)9-18-14(20)15(21)19-13-8-4-3-7-12(13)17/h1-8H,9H2,(H,18,20)(H,19,21). The lowest BCUT2D eigenvalue weighted by Gasteiger charge is -2.07. The molecule has 0 saturated carbocycles. The van der Waals surface area contributed by atoms with Crippen molar-refractivity contribution in [3.63, 3.8) is 0 Å². The molecule has 21 heavy (non-hydrogen) atoms. The molecule has 0 bridgehead atoms. The van der Waals surface area contributed by atoms with Crippen molar-refractivity contribution in [3.8, 4) is 0 Å². The number of benzene rings is 2. The van der Waals surface area contributed by atoms with E-state index >= 15 is 0 Å². The van der Waals surface area contributed by atoms with Crippen molar-refractivity contribution in [2.24, 2.45) is 0 Å². The number of carbonyl (C=O) groups is 2. The predicted molar refractivity (Wildman–Crippen MR) is 73.3 cm³/mol. The zero-order valence-corrected chi connectivity index (χ0v) is 10.9. The van der Waals surface area contributed by atoms with Gasteiger partial charge in [-0.15, -0.1) is 0 Å². The van der Waals surface area contributed by atoms with Crippen LogP contribution in [0.2, 0.25) is 0 Å². The average Bonchev–Trinajstić information content (AvgIpc) is 2.48. The minimum Gasteiger partial charge on any atom is -0.344 e. The molecule has 0 aliphatic rings. The molecular formula is C15H12F2N2O2. The number of rotatable bonds is 3. The molecule has 0 radical (unpaired) electrons. The lowest BCUT2D eigenvalue weighted by Crippen LogP contribution is -2.35. The first kappa shape index (κ1) is 14.6. The molecule has 108 valence electrons. The van der Waals surface area contributed by atoms with Crippen molar-refractivity contribution in [3.05, 3.63) is 65.7 Å². The summed E-state index contributed by atoms with van der Waals surface area (Å²) in [5.74, 6) is -3.11. The average molecular weight is 290 g/mol. The summed E-state index contributed by atoms with van der Waals surface area (Å²) in [7, 11) is 0. The second kappa shape index (κ2) is 6.60. The minimum atomic E-state index is -1.02. The number of halogens is 2. The molecule has 2 aromatic rings. The molecule has 0 atom stereocenters. The maximum Gasteiger partial charge on any atom is 0.313 e. The van der Waals surface area contributed by atoms with Crippen LogP contribution >= 0.6 is 0 Å². The smallest absolute Gasteiger partial charge is 0.313 e. The molecule has 2 rings (SSSR count). The number of amides is 2. The van der Waals surface area contributed by atoms with Crippen LogP contribution in [0.4, 0.5) is 14.5 Å². The number of carbonyl (C=O) groups excluding carboxylic acids is 2. The first-order valence-corrected chi connectivity index (χ1v) is 6.15. The van der Waals surface area contributed by atoms with E-state index in [0.29, 0.717) is 0 Å². The van der Waals surface area contributed by atoms with Gasteiger partial charge in [0.15, 0.2) is 0 Å². The van der Waals surface area contributed by atoms with E-state index in [4.69, 9.17) is 0 Å². The van der Waals surface area contributed by atoms with E-state index < -0.39 is 23.4 Å². The summed E-state index contributed by atoms with van der Waals surface area (Å²) in [4.78, 5) is 23.2. The maximum absolute atomic E-state index is 13.3. The van der Waals surface area contributed by atoms with Crippen molar-refractivity contribution in [2.75, 3.05) is 5.32 Å². The Bertz CT molecular complexity index is 674. The Labute approximate surface area is 119 Å². The monoisotopic (exact) mass is 290 g/mol. The van der Waals surface area contributed by atoms with E-state index in [1.54, 1.807) is 6.07 Å². The van der Waals surface area contributed by atoms with Crippen LogP contribution in [-0.4, -0.2) is 11.8 Å². The Morgan fingerprint density at radius 2 is 1.48 bits per heavy atom. The molecular weight excluding hydrogens is 278 g/mol. The van der Waals surface area contributed by atoms with Gasteiger partial charge in [-0.05, 0) is 18.2 Å². The lowest BCUT2D eigenvalue weighted by molar-refractivity contribution is -0.136. The van der Waals surface area contributed by atoms with Crippen LogP contribution in [-0.2, 0) is 16.1 Å². The highest BCUT2D eigenvalue weighted by Crippen LogP contribution is 2.12. The summed E-state index contributed by atoms with van der Waals surface area (Å²) in [6, 6.07) is 11.4. The van der Waals surface area contributed by atoms with Crippen LogP contribution in [0, 0.1) is 11.6 Å². The number of anilines is 1. The summed E-state index contributed by atoms with van der Waals surface area (Å²) in [6.45, 7) is -0.129. The zero-order valence-electron chi connectivity index (χ0n) is 10.9. The van der Waals surface area contributed by atoms with Crippen LogP contribution in [0.5, 0.6) is 0 Å². The third-order valence-electron chi connectivity index (χ3n) is 2.73. The SMILES string of the molecule is O=C(NCc1ccccc1F)C(=O)Nc1ccccc1F. The molecule has 2 amide bonds. The Morgan fingerprint density at radius 3 is 2.14 bits per heavy atom. The summed E-state index contributed by atoms with van der Waals surface area (Å²) in [5.41, 5.74) is 0.160. The fourth-order valence-corrected chi connectivity index (χ4v) is 1.64. The van der Waals surface area contributed by atoms with Crippen LogP contribution in [0.1, 0.15) is 5.56 Å². The van der Waals surface area contributed by atoms with Crippen LogP contribution in [0.25, 0.3) is 0 Å². The van der Waals surface area contributed by atoms with E-state index in [1.807, 2.05) is 0 Å². The molecule has 0 aliphatic heterocycles. The second-order valence-corrected chi connectivity index (χ2v) is 4.21. The number of hydrogen-bond donors (Lipinski definition) is 2. The fraction of sp³-hybridized carbons (Fsp3) is 0.0667. The molecule has 6 heteroatoms. The molecule has 0 fully saturated rings. The summed E-state index contributed by atoms with van der Waals surface area (Å²) < 4.78 is 26.7. The first-order chi connectivity index (χ1) is 10.1. The van der Waals surface area contributed by atoms with Crippen LogP contribution in [0.3, 0.4) is 0 Å². The van der Waals surface area contributed by atoms with E-state index in [1.165, 1.54) is 36.4 Å². The van der Waals surface area contributed by atoms with Gasteiger partial charge in [0.05, 0.1) is 5.69 Å². The molecule has 2 N–H and O–H groups in total. The van der Waals surface area contributed by atoms with E-state index in [-0.39, 0.29) is 17.8 Å². The third kappa shape index (κ3) is 3.85. The van der Waals surface area contributed by atoms with Crippen molar-refractivity contribution in [2.45, 2.75) is 6.54 Å². The minimum absolute atomic E-state index is 0.0939. The molecule has 2 aromatic carbocycles. The van der Waals surface area contributed by atoms with Crippen molar-refractivity contribution in [1.29, 1.82) is 0 Å². The number of para-hydroxylation sites is 1. The topological polar surface area (TPSA) is 58.2 Å². The largest absolute Gasteiger partial charge is 0.344 e. The van der Waals surface area contributed by atoms with Gasteiger partial charge in [-0.25, -0.2) is 8.78 Å². The van der Waals surface area contributed by atoms with Gasteiger partial charge in [0, 0.05) is 12.1 Å².